The highest BCUT2D eigenvalue weighted by molar-refractivity contribution is 7.22. The monoisotopic (exact) mass is 447 g/mol. The third-order valence-electron chi connectivity index (χ3n) is 5.90. The summed E-state index contributed by atoms with van der Waals surface area (Å²) in [5.74, 6) is 1.39. The molecule has 0 N–H and O–H groups in total. The number of hydrogen-bond donors (Lipinski definition) is 0. The Kier molecular flexibility index (Phi) is 5.68. The fourth-order valence-electron chi connectivity index (χ4n) is 4.04. The maximum Gasteiger partial charge on any atom is 0.260 e. The number of likely N-dealkylation sites (N-methyl/N-ethyl adjacent to an activating group) is 1. The minimum Gasteiger partial charge on any atom is -0.454 e. The van der Waals surface area contributed by atoms with Crippen LogP contribution in [-0.2, 0) is 0 Å². The number of carbonyl (C=O) groups is 1. The molecule has 0 spiro atoms. The number of nitrogens with zero attached hydrogens (tertiary/aromatic N) is 3. The van der Waals surface area contributed by atoms with Gasteiger partial charge in [0.1, 0.15) is 0 Å². The molecule has 6 nitrogen and oxygen atoms in total. The van der Waals surface area contributed by atoms with Crippen LogP contribution in [0.2, 0.25) is 0 Å². The lowest BCUT2D eigenvalue weighted by Gasteiger charge is -2.25. The van der Waals surface area contributed by atoms with E-state index in [0.29, 0.717) is 23.0 Å². The summed E-state index contributed by atoms with van der Waals surface area (Å²) < 4.78 is 12.0. The van der Waals surface area contributed by atoms with Gasteiger partial charge in [0, 0.05) is 30.8 Å². The topological polar surface area (TPSA) is 54.9 Å². The van der Waals surface area contributed by atoms with Crippen LogP contribution in [0.1, 0.15) is 24.2 Å². The smallest absolute Gasteiger partial charge is 0.260 e. The van der Waals surface area contributed by atoms with Gasteiger partial charge in [-0.15, -0.1) is 0 Å². The fraction of sp³-hybridized carbons (Fsp3) is 0.280. The average Bonchev–Trinajstić information content (AvgIpc) is 3.45. The van der Waals surface area contributed by atoms with E-state index in [-0.39, 0.29) is 12.7 Å². The molecule has 0 unspecified atom stereocenters. The molecule has 4 aromatic rings. The predicted octanol–water partition coefficient (Wildman–Crippen LogP) is 5.17. The number of hydrogen-bond acceptors (Lipinski definition) is 6. The molecule has 0 saturated heterocycles. The van der Waals surface area contributed by atoms with E-state index in [1.54, 1.807) is 0 Å². The van der Waals surface area contributed by atoms with Gasteiger partial charge in [-0.25, -0.2) is 4.98 Å². The molecule has 0 bridgehead atoms. The number of benzene rings is 3. The predicted molar refractivity (Wildman–Crippen MR) is 129 cm³/mol. The van der Waals surface area contributed by atoms with Crippen molar-refractivity contribution in [2.45, 2.75) is 13.8 Å². The van der Waals surface area contributed by atoms with Crippen LogP contribution in [-0.4, -0.2) is 48.8 Å². The number of fused-ring (bicyclic) bond motifs is 3. The molecule has 2 heterocycles. The molecule has 0 radical (unpaired) electrons. The molecule has 1 aliphatic rings. The zero-order valence-corrected chi connectivity index (χ0v) is 19.0. The van der Waals surface area contributed by atoms with Gasteiger partial charge in [-0.2, -0.15) is 0 Å². The summed E-state index contributed by atoms with van der Waals surface area (Å²) in [6.07, 6.45) is 0. The summed E-state index contributed by atoms with van der Waals surface area (Å²) in [7, 11) is 0. The molecule has 1 amide bonds. The number of aromatic nitrogens is 1. The summed E-state index contributed by atoms with van der Waals surface area (Å²) in [6, 6.07) is 17.7. The molecule has 1 aliphatic heterocycles. The van der Waals surface area contributed by atoms with E-state index >= 15 is 0 Å². The zero-order chi connectivity index (χ0) is 22.1. The number of anilines is 1. The van der Waals surface area contributed by atoms with Crippen molar-refractivity contribution in [2.75, 3.05) is 37.9 Å². The minimum absolute atomic E-state index is 0.0342. The molecule has 0 atom stereocenters. The van der Waals surface area contributed by atoms with E-state index in [2.05, 4.69) is 18.7 Å². The van der Waals surface area contributed by atoms with E-state index in [9.17, 15) is 4.79 Å². The van der Waals surface area contributed by atoms with Crippen LogP contribution >= 0.6 is 11.3 Å². The molecule has 0 fully saturated rings. The highest BCUT2D eigenvalue weighted by Gasteiger charge is 2.24. The van der Waals surface area contributed by atoms with E-state index in [1.807, 2.05) is 59.5 Å². The Morgan fingerprint density at radius 2 is 1.75 bits per heavy atom. The molecule has 0 aliphatic carbocycles. The van der Waals surface area contributed by atoms with Crippen LogP contribution in [0, 0.1) is 0 Å². The minimum atomic E-state index is -0.0342. The Bertz CT molecular complexity index is 1240. The summed E-state index contributed by atoms with van der Waals surface area (Å²) in [4.78, 5) is 22.8. The van der Waals surface area contributed by atoms with Crippen molar-refractivity contribution in [3.05, 3.63) is 60.2 Å². The van der Waals surface area contributed by atoms with Crippen molar-refractivity contribution in [1.29, 1.82) is 0 Å². The highest BCUT2D eigenvalue weighted by atomic mass is 32.1. The normalized spacial score (nSPS) is 12.7. The lowest BCUT2D eigenvalue weighted by molar-refractivity contribution is 0.0985. The fourth-order valence-corrected chi connectivity index (χ4v) is 5.04. The first kappa shape index (κ1) is 20.7. The number of rotatable bonds is 7. The van der Waals surface area contributed by atoms with E-state index in [0.717, 1.165) is 46.4 Å². The maximum absolute atomic E-state index is 13.9. The standard InChI is InChI=1S/C25H25N3O3S/c1-3-27(4-2)12-13-28(24(29)19-11-7-9-17-8-5-6-10-18(17)19)25-26-20-14-21-22(31-16-30-21)15-23(20)32-25/h5-11,14-15H,3-4,12-13,16H2,1-2H3. The van der Waals surface area contributed by atoms with Gasteiger partial charge >= 0.3 is 0 Å². The first-order valence-electron chi connectivity index (χ1n) is 10.9. The molecule has 3 aromatic carbocycles. The first-order chi connectivity index (χ1) is 15.7. The van der Waals surface area contributed by atoms with Crippen molar-refractivity contribution in [3.63, 3.8) is 0 Å². The molecular formula is C25H25N3O3S. The first-order valence-corrected chi connectivity index (χ1v) is 11.7. The summed E-state index contributed by atoms with van der Waals surface area (Å²) in [5, 5.41) is 2.69. The van der Waals surface area contributed by atoms with Gasteiger partial charge < -0.3 is 14.4 Å². The Morgan fingerprint density at radius 1 is 1.00 bits per heavy atom. The van der Waals surface area contributed by atoms with Crippen LogP contribution < -0.4 is 14.4 Å². The van der Waals surface area contributed by atoms with Crippen molar-refractivity contribution < 1.29 is 14.3 Å². The number of carbonyl (C=O) groups excluding carboxylic acids is 1. The Balaban J connectivity index is 1.56. The van der Waals surface area contributed by atoms with Gasteiger partial charge in [0.25, 0.3) is 5.91 Å². The quantitative estimate of drug-likeness (QED) is 0.391. The van der Waals surface area contributed by atoms with E-state index < -0.39 is 0 Å². The average molecular weight is 448 g/mol. The van der Waals surface area contributed by atoms with E-state index in [1.165, 1.54) is 11.3 Å². The molecule has 5 rings (SSSR count). The Morgan fingerprint density at radius 3 is 2.56 bits per heavy atom. The molecule has 1 aromatic heterocycles. The Hall–Kier alpha value is -3.16. The summed E-state index contributed by atoms with van der Waals surface area (Å²) in [6.45, 7) is 7.73. The van der Waals surface area contributed by atoms with Crippen LogP contribution in [0.25, 0.3) is 21.0 Å². The van der Waals surface area contributed by atoms with Crippen molar-refractivity contribution >= 4 is 43.4 Å². The van der Waals surface area contributed by atoms with Gasteiger partial charge in [0.2, 0.25) is 6.79 Å². The molecule has 164 valence electrons. The summed E-state index contributed by atoms with van der Waals surface area (Å²) in [5.41, 5.74) is 1.50. The Labute approximate surface area is 191 Å². The van der Waals surface area contributed by atoms with Crippen LogP contribution in [0.4, 0.5) is 5.13 Å². The largest absolute Gasteiger partial charge is 0.454 e. The highest BCUT2D eigenvalue weighted by Crippen LogP contribution is 2.40. The van der Waals surface area contributed by atoms with Gasteiger partial charge in [-0.3, -0.25) is 9.69 Å². The van der Waals surface area contributed by atoms with Gasteiger partial charge in [0.15, 0.2) is 16.6 Å². The second kappa shape index (κ2) is 8.76. The number of amides is 1. The SMILES string of the molecule is CCN(CC)CCN(C(=O)c1cccc2ccccc12)c1nc2cc3c(cc2s1)OCO3. The van der Waals surface area contributed by atoms with Crippen LogP contribution in [0.3, 0.4) is 0 Å². The zero-order valence-electron chi connectivity index (χ0n) is 18.2. The molecule has 7 heteroatoms. The van der Waals surface area contributed by atoms with Crippen molar-refractivity contribution in [1.82, 2.24) is 9.88 Å². The molecule has 32 heavy (non-hydrogen) atoms. The van der Waals surface area contributed by atoms with Gasteiger partial charge in [-0.05, 0) is 29.9 Å². The number of thiazole rings is 1. The lowest BCUT2D eigenvalue weighted by atomic mass is 10.0. The van der Waals surface area contributed by atoms with Crippen molar-refractivity contribution in [2.24, 2.45) is 0 Å². The number of ether oxygens (including phenoxy) is 2. The van der Waals surface area contributed by atoms with Crippen molar-refractivity contribution in [3.8, 4) is 11.5 Å². The molecular weight excluding hydrogens is 422 g/mol. The van der Waals surface area contributed by atoms with Crippen LogP contribution in [0.15, 0.2) is 54.6 Å². The van der Waals surface area contributed by atoms with Gasteiger partial charge in [0.05, 0.1) is 10.2 Å². The van der Waals surface area contributed by atoms with Gasteiger partial charge in [-0.1, -0.05) is 61.6 Å². The van der Waals surface area contributed by atoms with Crippen LogP contribution in [0.5, 0.6) is 11.5 Å². The second-order valence-corrected chi connectivity index (χ2v) is 8.69. The lowest BCUT2D eigenvalue weighted by Crippen LogP contribution is -2.39. The van der Waals surface area contributed by atoms with E-state index in [4.69, 9.17) is 14.5 Å². The molecule has 0 saturated carbocycles. The third-order valence-corrected chi connectivity index (χ3v) is 6.94. The second-order valence-electron chi connectivity index (χ2n) is 7.68. The third kappa shape index (κ3) is 3.78. The summed E-state index contributed by atoms with van der Waals surface area (Å²) >= 11 is 1.51. The maximum atomic E-state index is 13.9.